The molecule has 3 rings (SSSR count). The zero-order valence-electron chi connectivity index (χ0n) is 10.9. The first-order valence-electron chi connectivity index (χ1n) is 6.58. The molecule has 0 spiro atoms. The molecule has 7 heteroatoms. The number of hydrogen-bond acceptors (Lipinski definition) is 5. The van der Waals surface area contributed by atoms with Crippen LogP contribution in [0.15, 0.2) is 36.9 Å². The maximum absolute atomic E-state index is 11.1. The highest BCUT2D eigenvalue weighted by atomic mass is 16.6. The molecule has 20 heavy (non-hydrogen) atoms. The third-order valence-electron chi connectivity index (χ3n) is 3.69. The number of aromatic nitrogens is 3. The SMILES string of the molecule is O=[N+]([O-])c1ccccc1N1CCC(n2cncn2)CC1. The summed E-state index contributed by atoms with van der Waals surface area (Å²) in [4.78, 5) is 16.8. The van der Waals surface area contributed by atoms with Gasteiger partial charge in [-0.1, -0.05) is 12.1 Å². The van der Waals surface area contributed by atoms with Crippen LogP contribution in [0, 0.1) is 10.1 Å². The number of para-hydroxylation sites is 2. The fraction of sp³-hybridized carbons (Fsp3) is 0.385. The molecular formula is C13H15N5O2. The first-order chi connectivity index (χ1) is 9.75. The van der Waals surface area contributed by atoms with Crippen molar-refractivity contribution in [1.29, 1.82) is 0 Å². The summed E-state index contributed by atoms with van der Waals surface area (Å²) in [5.41, 5.74) is 0.876. The van der Waals surface area contributed by atoms with Crippen LogP contribution in [0.5, 0.6) is 0 Å². The molecule has 0 radical (unpaired) electrons. The van der Waals surface area contributed by atoms with Crippen molar-refractivity contribution >= 4 is 11.4 Å². The molecule has 1 aliphatic rings. The Balaban J connectivity index is 1.74. The van der Waals surface area contributed by atoms with Gasteiger partial charge >= 0.3 is 0 Å². The van der Waals surface area contributed by atoms with Gasteiger partial charge < -0.3 is 4.90 Å². The van der Waals surface area contributed by atoms with E-state index in [2.05, 4.69) is 15.0 Å². The Morgan fingerprint density at radius 3 is 2.65 bits per heavy atom. The number of piperidine rings is 1. The van der Waals surface area contributed by atoms with Crippen LogP contribution in [0.1, 0.15) is 18.9 Å². The smallest absolute Gasteiger partial charge is 0.292 e. The Kier molecular flexibility index (Phi) is 3.32. The Bertz CT molecular complexity index is 591. The van der Waals surface area contributed by atoms with Gasteiger partial charge in [-0.25, -0.2) is 9.67 Å². The van der Waals surface area contributed by atoms with Gasteiger partial charge in [-0.2, -0.15) is 5.10 Å². The van der Waals surface area contributed by atoms with Crippen molar-refractivity contribution in [2.24, 2.45) is 0 Å². The van der Waals surface area contributed by atoms with E-state index in [1.807, 2.05) is 16.8 Å². The Morgan fingerprint density at radius 1 is 1.25 bits per heavy atom. The highest BCUT2D eigenvalue weighted by Crippen LogP contribution is 2.31. The molecule has 2 heterocycles. The van der Waals surface area contributed by atoms with Gasteiger partial charge in [0, 0.05) is 19.2 Å². The maximum atomic E-state index is 11.1. The average Bonchev–Trinajstić information content (AvgIpc) is 3.02. The van der Waals surface area contributed by atoms with Gasteiger partial charge in [0.2, 0.25) is 0 Å². The lowest BCUT2D eigenvalue weighted by Gasteiger charge is -2.33. The number of nitrogens with zero attached hydrogens (tertiary/aromatic N) is 5. The van der Waals surface area contributed by atoms with E-state index < -0.39 is 0 Å². The van der Waals surface area contributed by atoms with E-state index in [9.17, 15) is 10.1 Å². The van der Waals surface area contributed by atoms with Crippen LogP contribution in [0.2, 0.25) is 0 Å². The van der Waals surface area contributed by atoms with Gasteiger partial charge in [-0.3, -0.25) is 10.1 Å². The molecule has 0 amide bonds. The van der Waals surface area contributed by atoms with Crippen molar-refractivity contribution in [3.8, 4) is 0 Å². The minimum Gasteiger partial charge on any atom is -0.366 e. The van der Waals surface area contributed by atoms with Gasteiger partial charge in [0.15, 0.2) is 0 Å². The number of benzene rings is 1. The Labute approximate surface area is 116 Å². The summed E-state index contributed by atoms with van der Waals surface area (Å²) in [6.45, 7) is 1.57. The molecule has 1 aromatic heterocycles. The summed E-state index contributed by atoms with van der Waals surface area (Å²) in [7, 11) is 0. The number of rotatable bonds is 3. The van der Waals surface area contributed by atoms with Crippen LogP contribution < -0.4 is 4.90 Å². The van der Waals surface area contributed by atoms with Crippen LogP contribution >= 0.6 is 0 Å². The third-order valence-corrected chi connectivity index (χ3v) is 3.69. The van der Waals surface area contributed by atoms with Crippen molar-refractivity contribution in [2.75, 3.05) is 18.0 Å². The lowest BCUT2D eigenvalue weighted by Crippen LogP contribution is -2.35. The van der Waals surface area contributed by atoms with Gasteiger partial charge in [-0.15, -0.1) is 0 Å². The Morgan fingerprint density at radius 2 is 2.00 bits per heavy atom. The molecule has 1 saturated heterocycles. The summed E-state index contributed by atoms with van der Waals surface area (Å²) in [5, 5.41) is 15.2. The van der Waals surface area contributed by atoms with Gasteiger partial charge in [-0.05, 0) is 18.9 Å². The minimum absolute atomic E-state index is 0.173. The summed E-state index contributed by atoms with van der Waals surface area (Å²) in [6.07, 6.45) is 5.09. The van der Waals surface area contributed by atoms with E-state index in [1.165, 1.54) is 6.33 Å². The first kappa shape index (κ1) is 12.6. The molecule has 0 aliphatic carbocycles. The molecule has 2 aromatic rings. The van der Waals surface area contributed by atoms with E-state index in [0.29, 0.717) is 11.7 Å². The van der Waals surface area contributed by atoms with Gasteiger partial charge in [0.05, 0.1) is 11.0 Å². The largest absolute Gasteiger partial charge is 0.366 e. The van der Waals surface area contributed by atoms with Crippen molar-refractivity contribution in [3.05, 3.63) is 47.0 Å². The van der Waals surface area contributed by atoms with Crippen molar-refractivity contribution in [3.63, 3.8) is 0 Å². The lowest BCUT2D eigenvalue weighted by atomic mass is 10.0. The molecule has 0 atom stereocenters. The topological polar surface area (TPSA) is 77.1 Å². The fourth-order valence-electron chi connectivity index (χ4n) is 2.66. The zero-order chi connectivity index (χ0) is 13.9. The molecule has 1 aromatic carbocycles. The highest BCUT2D eigenvalue weighted by molar-refractivity contribution is 5.63. The Hall–Kier alpha value is -2.44. The van der Waals surface area contributed by atoms with E-state index >= 15 is 0 Å². The summed E-state index contributed by atoms with van der Waals surface area (Å²) < 4.78 is 1.87. The monoisotopic (exact) mass is 273 g/mol. The van der Waals surface area contributed by atoms with Gasteiger partial charge in [0.25, 0.3) is 5.69 Å². The minimum atomic E-state index is -0.321. The van der Waals surface area contributed by atoms with E-state index in [4.69, 9.17) is 0 Å². The maximum Gasteiger partial charge on any atom is 0.292 e. The van der Waals surface area contributed by atoms with E-state index in [0.717, 1.165) is 25.9 Å². The molecule has 0 saturated carbocycles. The lowest BCUT2D eigenvalue weighted by molar-refractivity contribution is -0.384. The normalized spacial score (nSPS) is 16.3. The third kappa shape index (κ3) is 2.34. The fourth-order valence-corrected chi connectivity index (χ4v) is 2.66. The molecular weight excluding hydrogens is 258 g/mol. The molecule has 1 fully saturated rings. The second-order valence-electron chi connectivity index (χ2n) is 4.84. The van der Waals surface area contributed by atoms with Crippen LogP contribution in [-0.4, -0.2) is 32.8 Å². The summed E-state index contributed by atoms with van der Waals surface area (Å²) in [5.74, 6) is 0. The van der Waals surface area contributed by atoms with Crippen LogP contribution in [0.3, 0.4) is 0 Å². The molecule has 104 valence electrons. The number of anilines is 1. The van der Waals surface area contributed by atoms with Crippen molar-refractivity contribution < 1.29 is 4.92 Å². The first-order valence-corrected chi connectivity index (χ1v) is 6.58. The number of nitro groups is 1. The summed E-state index contributed by atoms with van der Waals surface area (Å²) >= 11 is 0. The van der Waals surface area contributed by atoms with Crippen molar-refractivity contribution in [2.45, 2.75) is 18.9 Å². The van der Waals surface area contributed by atoms with Crippen LogP contribution in [0.4, 0.5) is 11.4 Å². The molecule has 0 bridgehead atoms. The highest BCUT2D eigenvalue weighted by Gasteiger charge is 2.25. The molecule has 1 aliphatic heterocycles. The quantitative estimate of drug-likeness (QED) is 0.631. The summed E-state index contributed by atoms with van der Waals surface area (Å²) in [6, 6.07) is 7.24. The molecule has 0 N–H and O–H groups in total. The second kappa shape index (κ2) is 5.28. The van der Waals surface area contributed by atoms with Crippen LogP contribution in [0.25, 0.3) is 0 Å². The van der Waals surface area contributed by atoms with E-state index in [1.54, 1.807) is 18.5 Å². The molecule has 0 unspecified atom stereocenters. The number of hydrogen-bond donors (Lipinski definition) is 0. The average molecular weight is 273 g/mol. The van der Waals surface area contributed by atoms with E-state index in [-0.39, 0.29) is 10.6 Å². The van der Waals surface area contributed by atoms with Gasteiger partial charge in [0.1, 0.15) is 18.3 Å². The van der Waals surface area contributed by atoms with Crippen molar-refractivity contribution in [1.82, 2.24) is 14.8 Å². The predicted octanol–water partition coefficient (Wildman–Crippen LogP) is 2.03. The number of nitro benzene ring substituents is 1. The molecule has 7 nitrogen and oxygen atoms in total. The second-order valence-corrected chi connectivity index (χ2v) is 4.84. The zero-order valence-corrected chi connectivity index (χ0v) is 10.9. The standard InChI is InChI=1S/C13H15N5O2/c19-18(20)13-4-2-1-3-12(13)16-7-5-11(6-8-16)17-10-14-9-15-17/h1-4,9-11H,5-8H2. The van der Waals surface area contributed by atoms with Crippen LogP contribution in [-0.2, 0) is 0 Å². The predicted molar refractivity (Wildman–Crippen MR) is 73.6 cm³/mol.